The van der Waals surface area contributed by atoms with Gasteiger partial charge < -0.3 is 15.0 Å². The number of aromatic nitrogens is 2. The van der Waals surface area contributed by atoms with Gasteiger partial charge in [-0.1, -0.05) is 23.4 Å². The van der Waals surface area contributed by atoms with E-state index in [9.17, 15) is 0 Å². The van der Waals surface area contributed by atoms with E-state index in [1.54, 1.807) is 7.11 Å². The molecule has 2 N–H and O–H groups in total. The van der Waals surface area contributed by atoms with E-state index in [1.165, 1.54) is 0 Å². The van der Waals surface area contributed by atoms with Crippen molar-refractivity contribution in [1.29, 1.82) is 0 Å². The summed E-state index contributed by atoms with van der Waals surface area (Å²) in [5, 5.41) is 4.00. The molecule has 0 aliphatic rings. The van der Waals surface area contributed by atoms with Crippen LogP contribution in [-0.4, -0.2) is 17.3 Å². The minimum absolute atomic E-state index is 0.450. The summed E-state index contributed by atoms with van der Waals surface area (Å²) in [6, 6.07) is 13.1. The van der Waals surface area contributed by atoms with Gasteiger partial charge in [-0.25, -0.2) is 0 Å². The van der Waals surface area contributed by atoms with Crippen LogP contribution < -0.4 is 10.5 Å². The molecule has 3 aromatic rings. The molecule has 1 heterocycles. The molecule has 5 heteroatoms. The van der Waals surface area contributed by atoms with E-state index in [1.807, 2.05) is 49.4 Å². The third-order valence-electron chi connectivity index (χ3n) is 3.23. The molecule has 0 saturated heterocycles. The normalized spacial score (nSPS) is 10.6. The van der Waals surface area contributed by atoms with Gasteiger partial charge in [0.25, 0.3) is 5.89 Å². The van der Waals surface area contributed by atoms with Gasteiger partial charge in [0.2, 0.25) is 5.82 Å². The summed E-state index contributed by atoms with van der Waals surface area (Å²) in [7, 11) is 1.64. The minimum Gasteiger partial charge on any atom is -0.496 e. The fourth-order valence-electron chi connectivity index (χ4n) is 2.09. The SMILES string of the molecule is COc1cc(-c2nc(-c3cccc(N)c3)no2)ccc1C. The monoisotopic (exact) mass is 281 g/mol. The Morgan fingerprint density at radius 2 is 1.95 bits per heavy atom. The van der Waals surface area contributed by atoms with Crippen molar-refractivity contribution < 1.29 is 9.26 Å². The zero-order chi connectivity index (χ0) is 14.8. The van der Waals surface area contributed by atoms with Gasteiger partial charge >= 0.3 is 0 Å². The van der Waals surface area contributed by atoms with Gasteiger partial charge in [-0.2, -0.15) is 4.98 Å². The Kier molecular flexibility index (Phi) is 3.31. The van der Waals surface area contributed by atoms with Crippen molar-refractivity contribution in [2.24, 2.45) is 0 Å². The average Bonchev–Trinajstić information content (AvgIpc) is 2.97. The summed E-state index contributed by atoms with van der Waals surface area (Å²) < 4.78 is 10.6. The van der Waals surface area contributed by atoms with Crippen molar-refractivity contribution in [2.75, 3.05) is 12.8 Å². The van der Waals surface area contributed by atoms with Gasteiger partial charge in [0.15, 0.2) is 0 Å². The molecule has 21 heavy (non-hydrogen) atoms. The molecule has 3 rings (SSSR count). The number of anilines is 1. The lowest BCUT2D eigenvalue weighted by molar-refractivity contribution is 0.410. The van der Waals surface area contributed by atoms with Gasteiger partial charge in [-0.15, -0.1) is 0 Å². The third kappa shape index (κ3) is 2.58. The number of benzene rings is 2. The van der Waals surface area contributed by atoms with Crippen molar-refractivity contribution in [2.45, 2.75) is 6.92 Å². The Morgan fingerprint density at radius 3 is 2.71 bits per heavy atom. The number of hydrogen-bond acceptors (Lipinski definition) is 5. The van der Waals surface area contributed by atoms with E-state index in [0.29, 0.717) is 17.4 Å². The molecular formula is C16H15N3O2. The number of rotatable bonds is 3. The van der Waals surface area contributed by atoms with E-state index in [0.717, 1.165) is 22.4 Å². The predicted molar refractivity (Wildman–Crippen MR) is 80.9 cm³/mol. The van der Waals surface area contributed by atoms with Crippen LogP contribution in [0.2, 0.25) is 0 Å². The second kappa shape index (κ2) is 5.28. The standard InChI is InChI=1S/C16H15N3O2/c1-10-6-7-12(9-14(10)20-2)16-18-15(19-21-16)11-4-3-5-13(17)8-11/h3-9H,17H2,1-2H3. The van der Waals surface area contributed by atoms with Gasteiger partial charge in [0.1, 0.15) is 5.75 Å². The zero-order valence-electron chi connectivity index (χ0n) is 11.8. The molecular weight excluding hydrogens is 266 g/mol. The highest BCUT2D eigenvalue weighted by molar-refractivity contribution is 5.64. The minimum atomic E-state index is 0.450. The maximum Gasteiger partial charge on any atom is 0.258 e. The van der Waals surface area contributed by atoms with Crippen LogP contribution >= 0.6 is 0 Å². The molecule has 0 fully saturated rings. The van der Waals surface area contributed by atoms with Crippen LogP contribution in [-0.2, 0) is 0 Å². The lowest BCUT2D eigenvalue weighted by atomic mass is 10.1. The van der Waals surface area contributed by atoms with E-state index in [-0.39, 0.29) is 0 Å². The van der Waals surface area contributed by atoms with E-state index in [2.05, 4.69) is 10.1 Å². The quantitative estimate of drug-likeness (QED) is 0.745. The first-order valence-corrected chi connectivity index (χ1v) is 6.52. The molecule has 2 aromatic carbocycles. The summed E-state index contributed by atoms with van der Waals surface area (Å²) in [6.45, 7) is 1.98. The number of ether oxygens (including phenoxy) is 1. The summed E-state index contributed by atoms with van der Waals surface area (Å²) in [5.74, 6) is 1.75. The lowest BCUT2D eigenvalue weighted by Crippen LogP contribution is -1.88. The maximum atomic E-state index is 5.77. The average molecular weight is 281 g/mol. The van der Waals surface area contributed by atoms with Gasteiger partial charge in [0, 0.05) is 16.8 Å². The van der Waals surface area contributed by atoms with E-state index >= 15 is 0 Å². The van der Waals surface area contributed by atoms with Gasteiger partial charge in [-0.05, 0) is 36.8 Å². The summed E-state index contributed by atoms with van der Waals surface area (Å²) >= 11 is 0. The zero-order valence-corrected chi connectivity index (χ0v) is 11.8. The Balaban J connectivity index is 1.98. The van der Waals surface area contributed by atoms with Gasteiger partial charge in [-0.3, -0.25) is 0 Å². The molecule has 0 bridgehead atoms. The van der Waals surface area contributed by atoms with Crippen LogP contribution in [0.25, 0.3) is 22.8 Å². The maximum absolute atomic E-state index is 5.77. The van der Waals surface area contributed by atoms with Crippen LogP contribution in [0, 0.1) is 6.92 Å². The number of nitrogens with zero attached hydrogens (tertiary/aromatic N) is 2. The highest BCUT2D eigenvalue weighted by Gasteiger charge is 2.12. The van der Waals surface area contributed by atoms with Crippen molar-refractivity contribution in [3.05, 3.63) is 48.0 Å². The molecule has 0 aliphatic carbocycles. The smallest absolute Gasteiger partial charge is 0.258 e. The largest absolute Gasteiger partial charge is 0.496 e. The Hall–Kier alpha value is -2.82. The first-order valence-electron chi connectivity index (χ1n) is 6.52. The van der Waals surface area contributed by atoms with Gasteiger partial charge in [0.05, 0.1) is 7.11 Å². The number of nitrogen functional groups attached to an aromatic ring is 1. The summed E-state index contributed by atoms with van der Waals surface area (Å²) in [4.78, 5) is 4.41. The first kappa shape index (κ1) is 13.2. The Morgan fingerprint density at radius 1 is 1.10 bits per heavy atom. The Bertz CT molecular complexity index is 781. The number of methoxy groups -OCH3 is 1. The topological polar surface area (TPSA) is 74.2 Å². The fraction of sp³-hybridized carbons (Fsp3) is 0.125. The molecule has 0 aliphatic heterocycles. The molecule has 5 nitrogen and oxygen atoms in total. The molecule has 1 aromatic heterocycles. The fourth-order valence-corrected chi connectivity index (χ4v) is 2.09. The number of aryl methyl sites for hydroxylation is 1. The Labute approximate surface area is 122 Å². The predicted octanol–water partition coefficient (Wildman–Crippen LogP) is 3.30. The highest BCUT2D eigenvalue weighted by atomic mass is 16.5. The van der Waals surface area contributed by atoms with Crippen LogP contribution in [0.1, 0.15) is 5.56 Å². The molecule has 0 atom stereocenters. The van der Waals surface area contributed by atoms with Crippen LogP contribution in [0.4, 0.5) is 5.69 Å². The number of nitrogens with two attached hydrogens (primary N) is 1. The molecule has 0 unspecified atom stereocenters. The van der Waals surface area contributed by atoms with E-state index in [4.69, 9.17) is 15.0 Å². The van der Waals surface area contributed by atoms with Crippen LogP contribution in [0.15, 0.2) is 47.0 Å². The van der Waals surface area contributed by atoms with Crippen molar-refractivity contribution >= 4 is 5.69 Å². The molecule has 0 radical (unpaired) electrons. The van der Waals surface area contributed by atoms with Crippen LogP contribution in [0.5, 0.6) is 5.75 Å². The third-order valence-corrected chi connectivity index (χ3v) is 3.23. The highest BCUT2D eigenvalue weighted by Crippen LogP contribution is 2.27. The second-order valence-electron chi connectivity index (χ2n) is 4.73. The van der Waals surface area contributed by atoms with Crippen molar-refractivity contribution in [3.8, 4) is 28.6 Å². The second-order valence-corrected chi connectivity index (χ2v) is 4.73. The molecule has 0 amide bonds. The van der Waals surface area contributed by atoms with Crippen molar-refractivity contribution in [3.63, 3.8) is 0 Å². The van der Waals surface area contributed by atoms with Crippen LogP contribution in [0.3, 0.4) is 0 Å². The van der Waals surface area contributed by atoms with Crippen molar-refractivity contribution in [1.82, 2.24) is 10.1 Å². The summed E-state index contributed by atoms with van der Waals surface area (Å²) in [6.07, 6.45) is 0. The molecule has 0 saturated carbocycles. The lowest BCUT2D eigenvalue weighted by Gasteiger charge is -2.04. The first-order chi connectivity index (χ1) is 10.2. The number of hydrogen-bond donors (Lipinski definition) is 1. The molecule has 106 valence electrons. The van der Waals surface area contributed by atoms with E-state index < -0.39 is 0 Å². The summed E-state index contributed by atoms with van der Waals surface area (Å²) in [5.41, 5.74) is 9.12. The molecule has 0 spiro atoms.